The van der Waals surface area contributed by atoms with Crippen LogP contribution in [0.1, 0.15) is 28.9 Å². The van der Waals surface area contributed by atoms with E-state index in [1.807, 2.05) is 36.5 Å². The highest BCUT2D eigenvalue weighted by Gasteiger charge is 2.15. The van der Waals surface area contributed by atoms with Crippen LogP contribution in [0.5, 0.6) is 5.75 Å². The van der Waals surface area contributed by atoms with Crippen molar-refractivity contribution < 1.29 is 9.53 Å². The Morgan fingerprint density at radius 2 is 2.16 bits per heavy atom. The van der Waals surface area contributed by atoms with Crippen molar-refractivity contribution in [3.63, 3.8) is 0 Å². The first-order valence-electron chi connectivity index (χ1n) is 8.19. The summed E-state index contributed by atoms with van der Waals surface area (Å²) < 4.78 is 5.16. The number of allylic oxidation sites excluding steroid dienone is 2. The van der Waals surface area contributed by atoms with Crippen LogP contribution in [0.2, 0.25) is 0 Å². The molecule has 130 valence electrons. The number of nitrogens with zero attached hydrogens (tertiary/aromatic N) is 1. The van der Waals surface area contributed by atoms with Gasteiger partial charge in [-0.15, -0.1) is 11.3 Å². The zero-order chi connectivity index (χ0) is 17.6. The van der Waals surface area contributed by atoms with Gasteiger partial charge < -0.3 is 10.5 Å². The normalized spacial score (nSPS) is 16.9. The predicted molar refractivity (Wildman–Crippen MR) is 103 cm³/mol. The number of nitrogens with one attached hydrogen (secondary N) is 1. The molecule has 0 unspecified atom stereocenters. The Hall–Kier alpha value is -2.60. The van der Waals surface area contributed by atoms with Crippen molar-refractivity contribution in [1.82, 2.24) is 5.43 Å². The molecule has 0 spiro atoms. The molecule has 1 aliphatic carbocycles. The highest BCUT2D eigenvalue weighted by molar-refractivity contribution is 7.18. The number of benzene rings is 1. The van der Waals surface area contributed by atoms with Crippen LogP contribution in [0.25, 0.3) is 10.4 Å². The average Bonchev–Trinajstić information content (AvgIpc) is 3.04. The third-order valence-electron chi connectivity index (χ3n) is 4.10. The Bertz CT molecular complexity index is 794. The SMILES string of the molecule is COc1ccc(-c2cc(N)c(C(=O)N/N=C\[C@@H]3CC=CCC3)s2)cc1. The molecule has 0 aliphatic heterocycles. The van der Waals surface area contributed by atoms with Gasteiger partial charge in [-0.25, -0.2) is 5.43 Å². The molecule has 5 nitrogen and oxygen atoms in total. The van der Waals surface area contributed by atoms with Crippen molar-refractivity contribution in [2.24, 2.45) is 11.0 Å². The maximum absolute atomic E-state index is 12.3. The molecule has 6 heteroatoms. The molecule has 0 fully saturated rings. The quantitative estimate of drug-likeness (QED) is 0.482. The Kier molecular flexibility index (Phi) is 5.50. The summed E-state index contributed by atoms with van der Waals surface area (Å²) >= 11 is 1.36. The summed E-state index contributed by atoms with van der Waals surface area (Å²) in [5.41, 5.74) is 10.1. The lowest BCUT2D eigenvalue weighted by molar-refractivity contribution is 0.0959. The number of rotatable bonds is 5. The minimum atomic E-state index is -0.273. The van der Waals surface area contributed by atoms with Gasteiger partial charge in [-0.05, 0) is 61.1 Å². The van der Waals surface area contributed by atoms with E-state index in [2.05, 4.69) is 22.7 Å². The highest BCUT2D eigenvalue weighted by Crippen LogP contribution is 2.34. The molecule has 1 aromatic carbocycles. The number of amides is 1. The molecule has 3 N–H and O–H groups in total. The molecule has 25 heavy (non-hydrogen) atoms. The lowest BCUT2D eigenvalue weighted by atomic mass is 9.96. The third kappa shape index (κ3) is 4.28. The van der Waals surface area contributed by atoms with E-state index in [1.54, 1.807) is 7.11 Å². The number of carbonyl (C=O) groups excluding carboxylic acids is 1. The standard InChI is InChI=1S/C19H21N3O2S/c1-24-15-9-7-14(8-10-15)17-11-16(20)18(25-17)19(23)22-21-12-13-5-3-2-4-6-13/h2-3,7-13H,4-6,20H2,1H3,(H,22,23)/b21-12-/t13-/m1/s1. The van der Waals surface area contributed by atoms with Gasteiger partial charge in [0.15, 0.2) is 0 Å². The fourth-order valence-electron chi connectivity index (χ4n) is 2.68. The van der Waals surface area contributed by atoms with Crippen LogP contribution < -0.4 is 15.9 Å². The van der Waals surface area contributed by atoms with Gasteiger partial charge in [-0.3, -0.25) is 4.79 Å². The number of hydrogen-bond acceptors (Lipinski definition) is 5. The van der Waals surface area contributed by atoms with Gasteiger partial charge >= 0.3 is 0 Å². The zero-order valence-corrected chi connectivity index (χ0v) is 14.9. The summed E-state index contributed by atoms with van der Waals surface area (Å²) in [5.74, 6) is 0.906. The second kappa shape index (κ2) is 7.98. The fourth-order valence-corrected chi connectivity index (χ4v) is 3.66. The number of thiophene rings is 1. The van der Waals surface area contributed by atoms with E-state index >= 15 is 0 Å². The van der Waals surface area contributed by atoms with E-state index in [0.717, 1.165) is 35.5 Å². The summed E-state index contributed by atoms with van der Waals surface area (Å²) in [6.07, 6.45) is 9.25. The molecule has 0 saturated carbocycles. The highest BCUT2D eigenvalue weighted by atomic mass is 32.1. The molecule has 1 aromatic heterocycles. The first kappa shape index (κ1) is 17.2. The number of hydrazone groups is 1. The second-order valence-corrected chi connectivity index (χ2v) is 6.94. The molecule has 3 rings (SSSR count). The molecule has 1 heterocycles. The Morgan fingerprint density at radius 3 is 2.84 bits per heavy atom. The van der Waals surface area contributed by atoms with Crippen molar-refractivity contribution in [3.8, 4) is 16.2 Å². The monoisotopic (exact) mass is 355 g/mol. The average molecular weight is 355 g/mol. The first-order chi connectivity index (χ1) is 12.2. The fraction of sp³-hybridized carbons (Fsp3) is 0.263. The predicted octanol–water partition coefficient (Wildman–Crippen LogP) is 4.08. The largest absolute Gasteiger partial charge is 0.497 e. The van der Waals surface area contributed by atoms with Crippen molar-refractivity contribution >= 4 is 29.1 Å². The molecular formula is C19H21N3O2S. The number of nitrogens with two attached hydrogens (primary N) is 1. The second-order valence-electron chi connectivity index (χ2n) is 5.89. The van der Waals surface area contributed by atoms with Crippen molar-refractivity contribution in [3.05, 3.63) is 47.4 Å². The van der Waals surface area contributed by atoms with Crippen molar-refractivity contribution in [2.45, 2.75) is 19.3 Å². The smallest absolute Gasteiger partial charge is 0.283 e. The van der Waals surface area contributed by atoms with E-state index in [1.165, 1.54) is 11.3 Å². The lowest BCUT2D eigenvalue weighted by Crippen LogP contribution is -2.18. The Labute approximate surface area is 151 Å². The van der Waals surface area contributed by atoms with Crippen LogP contribution >= 0.6 is 11.3 Å². The molecule has 0 radical (unpaired) electrons. The number of ether oxygens (including phenoxy) is 1. The van der Waals surface area contributed by atoms with Crippen LogP contribution in [-0.4, -0.2) is 19.2 Å². The topological polar surface area (TPSA) is 76.7 Å². The van der Waals surface area contributed by atoms with Gasteiger partial charge in [0.2, 0.25) is 0 Å². The van der Waals surface area contributed by atoms with E-state index in [-0.39, 0.29) is 5.91 Å². The number of nitrogen functional groups attached to an aromatic ring is 1. The number of hydrogen-bond donors (Lipinski definition) is 2. The van der Waals surface area contributed by atoms with Crippen LogP contribution in [-0.2, 0) is 0 Å². The van der Waals surface area contributed by atoms with E-state index in [9.17, 15) is 4.79 Å². The molecule has 0 bridgehead atoms. The minimum Gasteiger partial charge on any atom is -0.497 e. The van der Waals surface area contributed by atoms with Crippen molar-refractivity contribution in [2.75, 3.05) is 12.8 Å². The Balaban J connectivity index is 1.67. The molecule has 1 atom stereocenters. The van der Waals surface area contributed by atoms with Crippen LogP contribution in [0.15, 0.2) is 47.6 Å². The summed E-state index contributed by atoms with van der Waals surface area (Å²) in [4.78, 5) is 13.7. The maximum atomic E-state index is 12.3. The van der Waals surface area contributed by atoms with Crippen molar-refractivity contribution in [1.29, 1.82) is 0 Å². The van der Waals surface area contributed by atoms with E-state index in [4.69, 9.17) is 10.5 Å². The summed E-state index contributed by atoms with van der Waals surface area (Å²) in [6, 6.07) is 9.47. The Morgan fingerprint density at radius 1 is 1.36 bits per heavy atom. The molecular weight excluding hydrogens is 334 g/mol. The van der Waals surface area contributed by atoms with Gasteiger partial charge in [0.05, 0.1) is 12.8 Å². The molecule has 1 aliphatic rings. The number of carbonyl (C=O) groups is 1. The number of anilines is 1. The maximum Gasteiger partial charge on any atom is 0.283 e. The summed E-state index contributed by atoms with van der Waals surface area (Å²) in [7, 11) is 1.63. The molecule has 0 saturated heterocycles. The van der Waals surface area contributed by atoms with Crippen LogP contribution in [0, 0.1) is 5.92 Å². The van der Waals surface area contributed by atoms with Gasteiger partial charge in [-0.2, -0.15) is 5.10 Å². The van der Waals surface area contributed by atoms with Crippen LogP contribution in [0.3, 0.4) is 0 Å². The van der Waals surface area contributed by atoms with Gasteiger partial charge in [0.25, 0.3) is 5.91 Å². The minimum absolute atomic E-state index is 0.273. The summed E-state index contributed by atoms with van der Waals surface area (Å²) in [5, 5.41) is 4.09. The molecule has 1 amide bonds. The van der Waals surface area contributed by atoms with Gasteiger partial charge in [0.1, 0.15) is 10.6 Å². The van der Waals surface area contributed by atoms with E-state index in [0.29, 0.717) is 16.5 Å². The lowest BCUT2D eigenvalue weighted by Gasteiger charge is -2.11. The van der Waals surface area contributed by atoms with Crippen LogP contribution in [0.4, 0.5) is 5.69 Å². The van der Waals surface area contributed by atoms with E-state index < -0.39 is 0 Å². The van der Waals surface area contributed by atoms with Gasteiger partial charge in [0, 0.05) is 11.1 Å². The van der Waals surface area contributed by atoms with Gasteiger partial charge in [-0.1, -0.05) is 12.2 Å². The number of methoxy groups -OCH3 is 1. The molecule has 2 aromatic rings. The summed E-state index contributed by atoms with van der Waals surface area (Å²) in [6.45, 7) is 0. The third-order valence-corrected chi connectivity index (χ3v) is 5.30. The zero-order valence-electron chi connectivity index (χ0n) is 14.1. The first-order valence-corrected chi connectivity index (χ1v) is 9.01.